The highest BCUT2D eigenvalue weighted by Crippen LogP contribution is 2.38. The molecule has 0 aliphatic carbocycles. The number of thiocarbonyl (C=S) groups is 1. The maximum Gasteiger partial charge on any atom is 0.423 e. The molecular formula is C27H34F3N5O2S. The van der Waals surface area contributed by atoms with Crippen LogP contribution in [0.4, 0.5) is 30.2 Å². The van der Waals surface area contributed by atoms with Crippen LogP contribution in [0.1, 0.15) is 36.8 Å². The van der Waals surface area contributed by atoms with Crippen molar-refractivity contribution < 1.29 is 18.1 Å². The van der Waals surface area contributed by atoms with Crippen LogP contribution in [0.5, 0.6) is 0 Å². The van der Waals surface area contributed by atoms with Gasteiger partial charge in [0.15, 0.2) is 0 Å². The lowest BCUT2D eigenvalue weighted by Crippen LogP contribution is -2.47. The molecule has 0 amide bonds. The normalized spacial score (nSPS) is 17.5. The van der Waals surface area contributed by atoms with Gasteiger partial charge in [-0.2, -0.15) is 13.2 Å². The van der Waals surface area contributed by atoms with E-state index in [1.54, 1.807) is 0 Å². The number of nitrogens with one attached hydrogen (secondary N) is 1. The maximum absolute atomic E-state index is 13.3. The van der Waals surface area contributed by atoms with Gasteiger partial charge in [-0.15, -0.1) is 0 Å². The van der Waals surface area contributed by atoms with Gasteiger partial charge in [-0.1, -0.05) is 24.4 Å². The Balaban J connectivity index is 1.17. The lowest BCUT2D eigenvalue weighted by Gasteiger charge is -2.37. The topological polar surface area (TPSA) is 64.9 Å². The van der Waals surface area contributed by atoms with E-state index in [-0.39, 0.29) is 11.7 Å². The van der Waals surface area contributed by atoms with Crippen LogP contribution in [0.2, 0.25) is 0 Å². The molecule has 1 N–H and O–H groups in total. The Kier molecular flexibility index (Phi) is 9.09. The number of piperazine rings is 1. The number of nitro benzene ring substituents is 1. The van der Waals surface area contributed by atoms with Gasteiger partial charge < -0.3 is 15.1 Å². The highest BCUT2D eigenvalue weighted by molar-refractivity contribution is 7.80. The van der Waals surface area contributed by atoms with E-state index in [2.05, 4.69) is 51.2 Å². The largest absolute Gasteiger partial charge is 0.423 e. The van der Waals surface area contributed by atoms with Crippen molar-refractivity contribution in [3.05, 3.63) is 63.7 Å². The summed E-state index contributed by atoms with van der Waals surface area (Å²) in [6.45, 7) is 8.74. The number of hydrogen-bond acceptors (Lipinski definition) is 6. The number of alkyl halides is 3. The SMILES string of the molecule is Cc1cccc(N2CCN(CCCC(=S)N3CCC(Nc4ccc([N+](=O)[O-])c(C(F)(F)F)c4)CC3)CC2)c1. The first-order chi connectivity index (χ1) is 18.1. The maximum atomic E-state index is 13.3. The van der Waals surface area contributed by atoms with Crippen LogP contribution in [0.15, 0.2) is 42.5 Å². The van der Waals surface area contributed by atoms with E-state index in [1.807, 2.05) is 0 Å². The summed E-state index contributed by atoms with van der Waals surface area (Å²) in [5.41, 5.74) is 0.642. The van der Waals surface area contributed by atoms with Crippen molar-refractivity contribution in [1.82, 2.24) is 9.80 Å². The number of nitrogens with zero attached hydrogens (tertiary/aromatic N) is 4. The molecule has 2 aliphatic heterocycles. The van der Waals surface area contributed by atoms with Gasteiger partial charge in [0.05, 0.1) is 9.91 Å². The first kappa shape index (κ1) is 28.1. The van der Waals surface area contributed by atoms with Crippen molar-refractivity contribution >= 4 is 34.3 Å². The standard InChI is InChI=1S/C27H34F3N5O2S/c1-20-4-2-5-23(18-20)33-16-14-32(15-17-33)11-3-6-26(38)34-12-9-21(10-13-34)31-22-7-8-25(35(36)37)24(19-22)27(28,29)30/h2,4-5,7-8,18-19,21,31H,3,6,9-17H2,1H3. The summed E-state index contributed by atoms with van der Waals surface area (Å²) >= 11 is 5.69. The minimum Gasteiger partial charge on any atom is -0.382 e. The average molecular weight is 550 g/mol. The number of benzene rings is 2. The number of aryl methyl sites for hydroxylation is 1. The second-order valence-corrected chi connectivity index (χ2v) is 10.5. The molecule has 4 rings (SSSR count). The second kappa shape index (κ2) is 12.3. The lowest BCUT2D eigenvalue weighted by atomic mass is 10.0. The van der Waals surface area contributed by atoms with Crippen molar-refractivity contribution in [3.63, 3.8) is 0 Å². The molecule has 0 radical (unpaired) electrons. The summed E-state index contributed by atoms with van der Waals surface area (Å²) < 4.78 is 39.8. The Hall–Kier alpha value is -2.92. The van der Waals surface area contributed by atoms with Gasteiger partial charge in [-0.05, 0) is 69.0 Å². The molecule has 206 valence electrons. The van der Waals surface area contributed by atoms with E-state index in [0.717, 1.165) is 88.6 Å². The zero-order chi connectivity index (χ0) is 27.3. The molecule has 2 heterocycles. The molecule has 0 atom stereocenters. The van der Waals surface area contributed by atoms with Gasteiger partial charge in [-0.25, -0.2) is 0 Å². The van der Waals surface area contributed by atoms with Crippen molar-refractivity contribution in [2.75, 3.05) is 56.0 Å². The Morgan fingerprint density at radius 3 is 2.42 bits per heavy atom. The fraction of sp³-hybridized carbons (Fsp3) is 0.519. The zero-order valence-corrected chi connectivity index (χ0v) is 22.4. The van der Waals surface area contributed by atoms with E-state index in [1.165, 1.54) is 17.3 Å². The Morgan fingerprint density at radius 1 is 1.08 bits per heavy atom. The third kappa shape index (κ3) is 7.35. The molecule has 2 aromatic carbocycles. The smallest absolute Gasteiger partial charge is 0.382 e. The summed E-state index contributed by atoms with van der Waals surface area (Å²) in [6, 6.07) is 11.7. The molecule has 0 spiro atoms. The molecule has 0 unspecified atom stereocenters. The van der Waals surface area contributed by atoms with Crippen LogP contribution >= 0.6 is 12.2 Å². The summed E-state index contributed by atoms with van der Waals surface area (Å²) in [4.78, 5) is 18.0. The molecule has 0 saturated carbocycles. The summed E-state index contributed by atoms with van der Waals surface area (Å²) in [5, 5.41) is 14.1. The third-order valence-corrected chi connectivity index (χ3v) is 7.78. The molecule has 7 nitrogen and oxygen atoms in total. The Bertz CT molecular complexity index is 1130. The summed E-state index contributed by atoms with van der Waals surface area (Å²) in [7, 11) is 0. The molecule has 11 heteroatoms. The molecule has 2 saturated heterocycles. The van der Waals surface area contributed by atoms with Gasteiger partial charge in [0.1, 0.15) is 5.56 Å². The van der Waals surface area contributed by atoms with Crippen LogP contribution in [-0.2, 0) is 6.18 Å². The highest BCUT2D eigenvalue weighted by Gasteiger charge is 2.38. The Labute approximate surface area is 226 Å². The fourth-order valence-corrected chi connectivity index (χ4v) is 5.51. The third-order valence-electron chi connectivity index (χ3n) is 7.32. The molecule has 2 aromatic rings. The first-order valence-corrected chi connectivity index (χ1v) is 13.4. The van der Waals surface area contributed by atoms with Gasteiger partial charge in [-0.3, -0.25) is 15.0 Å². The van der Waals surface area contributed by atoms with E-state index in [0.29, 0.717) is 0 Å². The summed E-state index contributed by atoms with van der Waals surface area (Å²) in [5.74, 6) is 0. The molecule has 38 heavy (non-hydrogen) atoms. The minimum atomic E-state index is -4.79. The van der Waals surface area contributed by atoms with Crippen molar-refractivity contribution in [2.45, 2.75) is 44.8 Å². The van der Waals surface area contributed by atoms with E-state index >= 15 is 0 Å². The highest BCUT2D eigenvalue weighted by atomic mass is 32.1. The van der Waals surface area contributed by atoms with Crippen molar-refractivity contribution in [3.8, 4) is 0 Å². The van der Waals surface area contributed by atoms with Crippen LogP contribution in [0.25, 0.3) is 0 Å². The second-order valence-electron chi connectivity index (χ2n) is 10.1. The number of piperidine rings is 1. The van der Waals surface area contributed by atoms with Crippen molar-refractivity contribution in [2.24, 2.45) is 0 Å². The first-order valence-electron chi connectivity index (χ1n) is 13.0. The number of rotatable bonds is 8. The Morgan fingerprint density at radius 2 is 1.79 bits per heavy atom. The van der Waals surface area contributed by atoms with Gasteiger partial charge >= 0.3 is 6.18 Å². The predicted octanol–water partition coefficient (Wildman–Crippen LogP) is 5.73. The number of anilines is 2. The number of hydrogen-bond donors (Lipinski definition) is 1. The van der Waals surface area contributed by atoms with E-state index in [9.17, 15) is 23.3 Å². The van der Waals surface area contributed by atoms with Crippen molar-refractivity contribution in [1.29, 1.82) is 0 Å². The minimum absolute atomic E-state index is 0.0127. The van der Waals surface area contributed by atoms with Crippen LogP contribution in [0, 0.1) is 17.0 Å². The van der Waals surface area contributed by atoms with Crippen LogP contribution < -0.4 is 10.2 Å². The van der Waals surface area contributed by atoms with Gasteiger partial charge in [0.2, 0.25) is 0 Å². The van der Waals surface area contributed by atoms with E-state index in [4.69, 9.17) is 12.2 Å². The zero-order valence-electron chi connectivity index (χ0n) is 21.5. The predicted molar refractivity (Wildman–Crippen MR) is 148 cm³/mol. The molecule has 0 bridgehead atoms. The van der Waals surface area contributed by atoms with E-state index < -0.39 is 22.4 Å². The number of likely N-dealkylation sites (tertiary alicyclic amines) is 1. The van der Waals surface area contributed by atoms with Gasteiger partial charge in [0, 0.05) is 62.8 Å². The molecule has 0 aromatic heterocycles. The number of halogens is 3. The fourth-order valence-electron chi connectivity index (χ4n) is 5.19. The van der Waals surface area contributed by atoms with Crippen LogP contribution in [0.3, 0.4) is 0 Å². The van der Waals surface area contributed by atoms with Crippen LogP contribution in [-0.4, -0.2) is 71.6 Å². The monoisotopic (exact) mass is 549 g/mol. The molecular weight excluding hydrogens is 515 g/mol. The average Bonchev–Trinajstić information content (AvgIpc) is 2.89. The molecule has 2 aliphatic rings. The summed E-state index contributed by atoms with van der Waals surface area (Å²) in [6.07, 6.45) is -1.46. The quantitative estimate of drug-likeness (QED) is 0.256. The number of nitro groups is 1. The molecule has 2 fully saturated rings. The van der Waals surface area contributed by atoms with Gasteiger partial charge in [0.25, 0.3) is 5.69 Å². The lowest BCUT2D eigenvalue weighted by molar-refractivity contribution is -0.388.